The molecule has 0 aromatic carbocycles. The Morgan fingerprint density at radius 3 is 0.889 bits per heavy atom. The summed E-state index contributed by atoms with van der Waals surface area (Å²) in [6.45, 7) is 6.31. The third-order valence-electron chi connectivity index (χ3n) is 1.50. The first-order chi connectivity index (χ1) is 3.25. The summed E-state index contributed by atoms with van der Waals surface area (Å²) < 4.78 is 0. The highest BCUT2D eigenvalue weighted by Crippen LogP contribution is 2.18. The molecule has 0 saturated carbocycles. The van der Waals surface area contributed by atoms with E-state index in [1.54, 1.807) is 27.7 Å². The van der Waals surface area contributed by atoms with Crippen molar-refractivity contribution in [1.29, 1.82) is 0 Å². The second kappa shape index (κ2) is 2.86. The SMILES string of the molecule is CC(C)(O)C(C)(C)O.Cl. The monoisotopic (exact) mass is 154 g/mol. The van der Waals surface area contributed by atoms with E-state index in [2.05, 4.69) is 0 Å². The van der Waals surface area contributed by atoms with Gasteiger partial charge in [0.2, 0.25) is 0 Å². The van der Waals surface area contributed by atoms with Gasteiger partial charge in [0.1, 0.15) is 0 Å². The Hall–Kier alpha value is 0.210. The lowest BCUT2D eigenvalue weighted by Gasteiger charge is -2.31. The van der Waals surface area contributed by atoms with Gasteiger partial charge in [0.25, 0.3) is 0 Å². The third kappa shape index (κ3) is 3.73. The maximum Gasteiger partial charge on any atom is 0.0872 e. The van der Waals surface area contributed by atoms with Crippen LogP contribution in [-0.4, -0.2) is 21.4 Å². The first-order valence-electron chi connectivity index (χ1n) is 2.70. The average Bonchev–Trinajstić information content (AvgIpc) is 1.25. The van der Waals surface area contributed by atoms with Gasteiger partial charge in [0.05, 0.1) is 11.2 Å². The van der Waals surface area contributed by atoms with E-state index in [-0.39, 0.29) is 12.4 Å². The predicted octanol–water partition coefficient (Wildman–Crippen LogP) is 0.950. The Morgan fingerprint density at radius 1 is 0.778 bits per heavy atom. The average molecular weight is 155 g/mol. The summed E-state index contributed by atoms with van der Waals surface area (Å²) in [4.78, 5) is 0. The van der Waals surface area contributed by atoms with Gasteiger partial charge in [-0.25, -0.2) is 0 Å². The Bertz CT molecular complexity index is 66.0. The minimum absolute atomic E-state index is 0. The highest BCUT2D eigenvalue weighted by molar-refractivity contribution is 5.85. The van der Waals surface area contributed by atoms with Gasteiger partial charge in [0, 0.05) is 0 Å². The van der Waals surface area contributed by atoms with Crippen molar-refractivity contribution in [3.63, 3.8) is 0 Å². The molecular formula is C6H15ClO2. The molecule has 0 aliphatic carbocycles. The minimum atomic E-state index is -1.01. The molecule has 58 valence electrons. The zero-order chi connectivity index (χ0) is 7.00. The fourth-order valence-electron chi connectivity index (χ4n) is 0. The summed E-state index contributed by atoms with van der Waals surface area (Å²) in [5.74, 6) is 0. The lowest BCUT2D eigenvalue weighted by molar-refractivity contribution is -0.107. The van der Waals surface area contributed by atoms with Crippen LogP contribution in [0.4, 0.5) is 0 Å². The maximum atomic E-state index is 9.10. The van der Waals surface area contributed by atoms with Crippen molar-refractivity contribution in [2.45, 2.75) is 38.9 Å². The molecule has 0 amide bonds. The quantitative estimate of drug-likeness (QED) is 0.591. The molecule has 0 aliphatic rings. The normalized spacial score (nSPS) is 12.7. The highest BCUT2D eigenvalue weighted by Gasteiger charge is 2.31. The lowest BCUT2D eigenvalue weighted by Crippen LogP contribution is -2.44. The van der Waals surface area contributed by atoms with Gasteiger partial charge >= 0.3 is 0 Å². The van der Waals surface area contributed by atoms with E-state index in [0.29, 0.717) is 0 Å². The zero-order valence-corrected chi connectivity index (χ0v) is 7.12. The van der Waals surface area contributed by atoms with E-state index >= 15 is 0 Å². The number of rotatable bonds is 1. The van der Waals surface area contributed by atoms with Crippen molar-refractivity contribution in [3.8, 4) is 0 Å². The number of hydrogen-bond acceptors (Lipinski definition) is 2. The summed E-state index contributed by atoms with van der Waals surface area (Å²) in [5, 5.41) is 18.2. The van der Waals surface area contributed by atoms with Crippen LogP contribution in [0, 0.1) is 0 Å². The summed E-state index contributed by atoms with van der Waals surface area (Å²) in [5.41, 5.74) is -2.01. The molecule has 0 rings (SSSR count). The third-order valence-corrected chi connectivity index (χ3v) is 1.50. The Labute approximate surface area is 62.3 Å². The first-order valence-corrected chi connectivity index (χ1v) is 2.70. The van der Waals surface area contributed by atoms with Crippen LogP contribution >= 0.6 is 12.4 Å². The van der Waals surface area contributed by atoms with E-state index in [9.17, 15) is 0 Å². The van der Waals surface area contributed by atoms with Crippen LogP contribution in [0.3, 0.4) is 0 Å². The topological polar surface area (TPSA) is 40.5 Å². The molecule has 0 unspecified atom stereocenters. The Kier molecular flexibility index (Phi) is 3.80. The van der Waals surface area contributed by atoms with Gasteiger partial charge < -0.3 is 10.2 Å². The molecule has 0 aliphatic heterocycles. The Morgan fingerprint density at radius 2 is 0.889 bits per heavy atom. The van der Waals surface area contributed by atoms with Gasteiger partial charge in [-0.15, -0.1) is 12.4 Å². The molecule has 0 bridgehead atoms. The van der Waals surface area contributed by atoms with Gasteiger partial charge in [-0.2, -0.15) is 0 Å². The number of halogens is 1. The molecule has 0 atom stereocenters. The van der Waals surface area contributed by atoms with Crippen molar-refractivity contribution >= 4 is 12.4 Å². The van der Waals surface area contributed by atoms with Crippen LogP contribution in [0.25, 0.3) is 0 Å². The van der Waals surface area contributed by atoms with Crippen molar-refractivity contribution < 1.29 is 10.2 Å². The van der Waals surface area contributed by atoms with Crippen LogP contribution in [-0.2, 0) is 0 Å². The van der Waals surface area contributed by atoms with Crippen LogP contribution in [0.1, 0.15) is 27.7 Å². The van der Waals surface area contributed by atoms with Crippen molar-refractivity contribution in [1.82, 2.24) is 0 Å². The second-order valence-corrected chi connectivity index (χ2v) is 3.12. The van der Waals surface area contributed by atoms with Gasteiger partial charge in [0.15, 0.2) is 0 Å². The molecule has 0 saturated heterocycles. The van der Waals surface area contributed by atoms with Gasteiger partial charge in [-0.05, 0) is 27.7 Å². The second-order valence-electron chi connectivity index (χ2n) is 3.12. The molecule has 0 fully saturated rings. The maximum absolute atomic E-state index is 9.10. The molecule has 0 aromatic rings. The van der Waals surface area contributed by atoms with E-state index in [4.69, 9.17) is 10.2 Å². The van der Waals surface area contributed by atoms with E-state index in [1.165, 1.54) is 0 Å². The molecule has 0 aromatic heterocycles. The number of aliphatic hydroxyl groups is 2. The largest absolute Gasteiger partial charge is 0.387 e. The molecule has 9 heavy (non-hydrogen) atoms. The molecule has 2 nitrogen and oxygen atoms in total. The van der Waals surface area contributed by atoms with Gasteiger partial charge in [-0.1, -0.05) is 0 Å². The molecule has 3 heteroatoms. The highest BCUT2D eigenvalue weighted by atomic mass is 35.5. The zero-order valence-electron chi connectivity index (χ0n) is 6.30. The smallest absolute Gasteiger partial charge is 0.0872 e. The molecule has 0 heterocycles. The number of hydrogen-bond donors (Lipinski definition) is 2. The van der Waals surface area contributed by atoms with Gasteiger partial charge in [-0.3, -0.25) is 0 Å². The van der Waals surface area contributed by atoms with E-state index < -0.39 is 11.2 Å². The van der Waals surface area contributed by atoms with Crippen molar-refractivity contribution in [2.24, 2.45) is 0 Å². The van der Waals surface area contributed by atoms with Crippen LogP contribution < -0.4 is 0 Å². The molecule has 0 spiro atoms. The lowest BCUT2D eigenvalue weighted by atomic mass is 9.90. The van der Waals surface area contributed by atoms with Crippen LogP contribution in [0.5, 0.6) is 0 Å². The van der Waals surface area contributed by atoms with Crippen LogP contribution in [0.15, 0.2) is 0 Å². The molecular weight excluding hydrogens is 140 g/mol. The fourth-order valence-corrected chi connectivity index (χ4v) is 0. The predicted molar refractivity (Wildman–Crippen MR) is 39.8 cm³/mol. The van der Waals surface area contributed by atoms with E-state index in [1.807, 2.05) is 0 Å². The summed E-state index contributed by atoms with van der Waals surface area (Å²) in [7, 11) is 0. The molecule has 0 radical (unpaired) electrons. The first kappa shape index (κ1) is 11.9. The summed E-state index contributed by atoms with van der Waals surface area (Å²) in [6, 6.07) is 0. The Balaban J connectivity index is 0. The van der Waals surface area contributed by atoms with Crippen molar-refractivity contribution in [3.05, 3.63) is 0 Å². The summed E-state index contributed by atoms with van der Waals surface area (Å²) >= 11 is 0. The van der Waals surface area contributed by atoms with E-state index in [0.717, 1.165) is 0 Å². The van der Waals surface area contributed by atoms with Crippen molar-refractivity contribution in [2.75, 3.05) is 0 Å². The standard InChI is InChI=1S/C6H14O2.ClH/c1-5(2,7)6(3,4)8;/h7-8H,1-4H3;1H. The fraction of sp³-hybridized carbons (Fsp3) is 1.00. The van der Waals surface area contributed by atoms with Crippen LogP contribution in [0.2, 0.25) is 0 Å². The molecule has 2 N–H and O–H groups in total. The summed E-state index contributed by atoms with van der Waals surface area (Å²) in [6.07, 6.45) is 0. The minimum Gasteiger partial charge on any atom is -0.387 e.